The van der Waals surface area contributed by atoms with Crippen LogP contribution in [-0.4, -0.2) is 11.8 Å². The highest BCUT2D eigenvalue weighted by Crippen LogP contribution is 2.28. The van der Waals surface area contributed by atoms with Crippen LogP contribution in [-0.2, 0) is 9.59 Å². The minimum absolute atomic E-state index is 0. The second-order valence-electron chi connectivity index (χ2n) is 4.94. The topological polar surface area (TPSA) is 46.2 Å². The van der Waals surface area contributed by atoms with Crippen molar-refractivity contribution < 1.29 is 15.4 Å². The van der Waals surface area contributed by atoms with Gasteiger partial charge in [0.15, 0.2) is 0 Å². The van der Waals surface area contributed by atoms with Crippen molar-refractivity contribution in [3.63, 3.8) is 0 Å². The average molecular weight is 251 g/mol. The highest BCUT2D eigenvalue weighted by Gasteiger charge is 2.29. The molecule has 0 saturated carbocycles. The minimum Gasteiger partial charge on any atom is -0.296 e. The van der Waals surface area contributed by atoms with E-state index in [2.05, 4.69) is 5.32 Å². The quantitative estimate of drug-likeness (QED) is 0.821. The number of carbonyl (C=O) groups is 2. The van der Waals surface area contributed by atoms with Crippen molar-refractivity contribution in [2.24, 2.45) is 0 Å². The second kappa shape index (κ2) is 4.88. The number of imide groups is 1. The van der Waals surface area contributed by atoms with Crippen molar-refractivity contribution in [1.29, 1.82) is 0 Å². The summed E-state index contributed by atoms with van der Waals surface area (Å²) in [5.41, 5.74) is 1.29. The lowest BCUT2D eigenvalue weighted by atomic mass is 9.88. The van der Waals surface area contributed by atoms with Gasteiger partial charge in [-0.05, 0) is 24.0 Å². The molecule has 1 aliphatic heterocycles. The molecule has 1 aliphatic rings. The largest absolute Gasteiger partial charge is 0.296 e. The zero-order valence-electron chi connectivity index (χ0n) is 10.5. The Kier molecular flexibility index (Phi) is 3.45. The standard InChI is InChI=1S/C14H16FNO2.H2/c1-8(2)9-3-4-10(12(15)7-9)11-5-6-13(17)16-14(11)18;/h3-4,7-8,11H,5-6H2,1-2H3,(H,16,17,18);1H. The van der Waals surface area contributed by atoms with Gasteiger partial charge in [-0.15, -0.1) is 0 Å². The smallest absolute Gasteiger partial charge is 0.234 e. The van der Waals surface area contributed by atoms with Crippen LogP contribution in [0, 0.1) is 5.82 Å². The van der Waals surface area contributed by atoms with E-state index in [1.54, 1.807) is 6.07 Å². The molecule has 2 amide bonds. The fraction of sp³-hybridized carbons (Fsp3) is 0.429. The van der Waals surface area contributed by atoms with Gasteiger partial charge in [-0.25, -0.2) is 4.39 Å². The molecular weight excluding hydrogens is 233 g/mol. The molecule has 1 heterocycles. The number of piperidine rings is 1. The van der Waals surface area contributed by atoms with E-state index in [1.807, 2.05) is 19.9 Å². The van der Waals surface area contributed by atoms with Crippen LogP contribution in [0.4, 0.5) is 4.39 Å². The van der Waals surface area contributed by atoms with Crippen molar-refractivity contribution in [2.75, 3.05) is 0 Å². The van der Waals surface area contributed by atoms with E-state index >= 15 is 0 Å². The lowest BCUT2D eigenvalue weighted by molar-refractivity contribution is -0.134. The number of nitrogens with one attached hydrogen (secondary N) is 1. The fourth-order valence-corrected chi connectivity index (χ4v) is 2.18. The molecule has 0 aliphatic carbocycles. The van der Waals surface area contributed by atoms with E-state index in [0.717, 1.165) is 5.56 Å². The van der Waals surface area contributed by atoms with E-state index in [-0.39, 0.29) is 25.5 Å². The van der Waals surface area contributed by atoms with Gasteiger partial charge in [-0.3, -0.25) is 14.9 Å². The summed E-state index contributed by atoms with van der Waals surface area (Å²) < 4.78 is 14.0. The van der Waals surface area contributed by atoms with Crippen LogP contribution in [0.15, 0.2) is 18.2 Å². The van der Waals surface area contributed by atoms with Gasteiger partial charge in [0.05, 0.1) is 5.92 Å². The van der Waals surface area contributed by atoms with E-state index in [9.17, 15) is 14.0 Å². The lowest BCUT2D eigenvalue weighted by Gasteiger charge is -2.22. The first-order chi connectivity index (χ1) is 8.49. The molecule has 1 atom stereocenters. The zero-order chi connectivity index (χ0) is 13.3. The summed E-state index contributed by atoms with van der Waals surface area (Å²) in [7, 11) is 0. The summed E-state index contributed by atoms with van der Waals surface area (Å²) in [6.07, 6.45) is 0.643. The number of hydrogen-bond acceptors (Lipinski definition) is 2. The fourth-order valence-electron chi connectivity index (χ4n) is 2.18. The Balaban J connectivity index is 0.00000180. The molecule has 1 aromatic carbocycles. The van der Waals surface area contributed by atoms with Gasteiger partial charge in [0.1, 0.15) is 5.82 Å². The Labute approximate surface area is 107 Å². The monoisotopic (exact) mass is 251 g/mol. The Morgan fingerprint density at radius 3 is 2.67 bits per heavy atom. The van der Waals surface area contributed by atoms with Gasteiger partial charge in [0.25, 0.3) is 0 Å². The van der Waals surface area contributed by atoms with Crippen molar-refractivity contribution >= 4 is 11.8 Å². The van der Waals surface area contributed by atoms with Crippen molar-refractivity contribution in [3.05, 3.63) is 35.1 Å². The molecule has 1 saturated heterocycles. The summed E-state index contributed by atoms with van der Waals surface area (Å²) >= 11 is 0. The number of rotatable bonds is 2. The van der Waals surface area contributed by atoms with Gasteiger partial charge in [-0.2, -0.15) is 0 Å². The summed E-state index contributed by atoms with van der Waals surface area (Å²) in [4.78, 5) is 22.7. The number of halogens is 1. The molecule has 1 fully saturated rings. The summed E-state index contributed by atoms with van der Waals surface area (Å²) in [6.45, 7) is 3.97. The van der Waals surface area contributed by atoms with Crippen molar-refractivity contribution in [1.82, 2.24) is 5.32 Å². The maximum Gasteiger partial charge on any atom is 0.234 e. The van der Waals surface area contributed by atoms with Crippen LogP contribution < -0.4 is 5.32 Å². The molecule has 0 radical (unpaired) electrons. The molecule has 3 nitrogen and oxygen atoms in total. The maximum absolute atomic E-state index is 14.0. The first kappa shape index (κ1) is 12.7. The normalized spacial score (nSPS) is 20.1. The molecule has 0 aromatic heterocycles. The third-order valence-corrected chi connectivity index (χ3v) is 3.31. The van der Waals surface area contributed by atoms with Gasteiger partial charge >= 0.3 is 0 Å². The van der Waals surface area contributed by atoms with Crippen molar-refractivity contribution in [3.8, 4) is 0 Å². The molecule has 0 spiro atoms. The molecule has 4 heteroatoms. The van der Waals surface area contributed by atoms with Crippen LogP contribution in [0.3, 0.4) is 0 Å². The summed E-state index contributed by atoms with van der Waals surface area (Å²) in [6, 6.07) is 4.97. The Bertz CT molecular complexity index is 502. The molecule has 98 valence electrons. The summed E-state index contributed by atoms with van der Waals surface area (Å²) in [5, 5.41) is 2.25. The van der Waals surface area contributed by atoms with Crippen LogP contribution in [0.5, 0.6) is 0 Å². The number of amides is 2. The van der Waals surface area contributed by atoms with Gasteiger partial charge < -0.3 is 0 Å². The van der Waals surface area contributed by atoms with Crippen molar-refractivity contribution in [2.45, 2.75) is 38.5 Å². The molecule has 18 heavy (non-hydrogen) atoms. The van der Waals surface area contributed by atoms with Gasteiger partial charge in [0.2, 0.25) is 11.8 Å². The Morgan fingerprint density at radius 1 is 1.39 bits per heavy atom. The average Bonchev–Trinajstić information content (AvgIpc) is 2.30. The minimum atomic E-state index is -0.552. The highest BCUT2D eigenvalue weighted by atomic mass is 19.1. The number of hydrogen-bond donors (Lipinski definition) is 1. The van der Waals surface area contributed by atoms with E-state index in [0.29, 0.717) is 12.0 Å². The maximum atomic E-state index is 14.0. The van der Waals surface area contributed by atoms with Gasteiger partial charge in [0, 0.05) is 13.4 Å². The van der Waals surface area contributed by atoms with Crippen LogP contribution in [0.25, 0.3) is 0 Å². The SMILES string of the molecule is CC(C)c1ccc(C2CCC(=O)NC2=O)c(F)c1.[HH]. The first-order valence-corrected chi connectivity index (χ1v) is 6.12. The van der Waals surface area contributed by atoms with Crippen LogP contribution >= 0.6 is 0 Å². The van der Waals surface area contributed by atoms with Gasteiger partial charge in [-0.1, -0.05) is 26.0 Å². The number of benzene rings is 1. The predicted molar refractivity (Wildman–Crippen MR) is 67.7 cm³/mol. The van der Waals surface area contributed by atoms with E-state index < -0.39 is 11.8 Å². The molecule has 1 N–H and O–H groups in total. The van der Waals surface area contributed by atoms with E-state index in [1.165, 1.54) is 6.07 Å². The Morgan fingerprint density at radius 2 is 2.11 bits per heavy atom. The lowest BCUT2D eigenvalue weighted by Crippen LogP contribution is -2.39. The first-order valence-electron chi connectivity index (χ1n) is 6.12. The molecule has 1 aromatic rings. The molecule has 0 bridgehead atoms. The molecular formula is C14H18FNO2. The second-order valence-corrected chi connectivity index (χ2v) is 4.94. The zero-order valence-corrected chi connectivity index (χ0v) is 10.5. The Hall–Kier alpha value is -1.71. The van der Waals surface area contributed by atoms with Crippen LogP contribution in [0.2, 0.25) is 0 Å². The predicted octanol–water partition coefficient (Wildman–Crippen LogP) is 2.72. The highest BCUT2D eigenvalue weighted by molar-refractivity contribution is 6.00. The third kappa shape index (κ3) is 2.42. The molecule has 1 unspecified atom stereocenters. The van der Waals surface area contributed by atoms with Crippen LogP contribution in [0.1, 0.15) is 51.1 Å². The molecule has 2 rings (SSSR count). The van der Waals surface area contributed by atoms with E-state index in [4.69, 9.17) is 0 Å². The third-order valence-electron chi connectivity index (χ3n) is 3.31. The number of carbonyl (C=O) groups excluding carboxylic acids is 2. The summed E-state index contributed by atoms with van der Waals surface area (Å²) in [5.74, 6) is -1.35.